The molecule has 0 bridgehead atoms. The lowest BCUT2D eigenvalue weighted by molar-refractivity contribution is -0.147. The maximum atomic E-state index is 11.6. The Labute approximate surface area is 162 Å². The molecule has 0 atom stereocenters. The number of esters is 1. The van der Waals surface area contributed by atoms with Crippen molar-refractivity contribution in [1.29, 1.82) is 0 Å². The fraction of sp³-hybridized carbons (Fsp3) is 0.500. The van der Waals surface area contributed by atoms with Crippen molar-refractivity contribution in [3.8, 4) is 0 Å². The van der Waals surface area contributed by atoms with Gasteiger partial charge in [0.15, 0.2) is 3.95 Å². The number of hydrogen-bond donors (Lipinski definition) is 1. The number of carbonyl (C=O) groups excluding carboxylic acids is 1. The van der Waals surface area contributed by atoms with E-state index >= 15 is 0 Å². The van der Waals surface area contributed by atoms with Crippen molar-refractivity contribution in [2.75, 3.05) is 25.5 Å². The smallest absolute Gasteiger partial charge is 0.308 e. The van der Waals surface area contributed by atoms with Gasteiger partial charge in [0, 0.05) is 18.8 Å². The second-order valence-electron chi connectivity index (χ2n) is 6.67. The van der Waals surface area contributed by atoms with Gasteiger partial charge in [-0.05, 0) is 50.5 Å². The SMILES string of the molecule is COC(=O)C1CCN(Cn2nc(Nc3ccc(C)cc3C)sc2=S)CC1. The van der Waals surface area contributed by atoms with Crippen LogP contribution in [0.2, 0.25) is 0 Å². The number of nitrogens with one attached hydrogen (secondary N) is 1. The van der Waals surface area contributed by atoms with Gasteiger partial charge in [-0.15, -0.1) is 5.10 Å². The molecule has 0 aliphatic carbocycles. The van der Waals surface area contributed by atoms with Crippen LogP contribution in [0.4, 0.5) is 10.8 Å². The van der Waals surface area contributed by atoms with Crippen molar-refractivity contribution >= 4 is 40.3 Å². The average molecular weight is 393 g/mol. The maximum Gasteiger partial charge on any atom is 0.308 e. The molecule has 8 heteroatoms. The third-order valence-corrected chi connectivity index (χ3v) is 5.91. The highest BCUT2D eigenvalue weighted by molar-refractivity contribution is 7.73. The second-order valence-corrected chi connectivity index (χ2v) is 8.30. The Kier molecular flexibility index (Phi) is 6.05. The van der Waals surface area contributed by atoms with Gasteiger partial charge in [0.1, 0.15) is 0 Å². The minimum atomic E-state index is -0.102. The predicted octanol–water partition coefficient (Wildman–Crippen LogP) is 3.88. The van der Waals surface area contributed by atoms with Crippen LogP contribution in [-0.4, -0.2) is 40.8 Å². The highest BCUT2D eigenvalue weighted by Gasteiger charge is 2.25. The highest BCUT2D eigenvalue weighted by Crippen LogP contribution is 2.25. The largest absolute Gasteiger partial charge is 0.469 e. The fourth-order valence-electron chi connectivity index (χ4n) is 3.18. The summed E-state index contributed by atoms with van der Waals surface area (Å²) in [6, 6.07) is 6.29. The number of anilines is 2. The normalized spacial score (nSPS) is 15.8. The molecule has 2 aromatic rings. The molecular weight excluding hydrogens is 368 g/mol. The van der Waals surface area contributed by atoms with Crippen LogP contribution in [0.5, 0.6) is 0 Å². The molecule has 1 aromatic heterocycles. The highest BCUT2D eigenvalue weighted by atomic mass is 32.1. The molecule has 1 N–H and O–H groups in total. The Hall–Kier alpha value is -1.77. The lowest BCUT2D eigenvalue weighted by Gasteiger charge is -2.30. The first-order valence-corrected chi connectivity index (χ1v) is 9.91. The van der Waals surface area contributed by atoms with Crippen LogP contribution in [0, 0.1) is 23.7 Å². The monoisotopic (exact) mass is 392 g/mol. The number of benzene rings is 1. The van der Waals surface area contributed by atoms with E-state index in [-0.39, 0.29) is 11.9 Å². The van der Waals surface area contributed by atoms with Gasteiger partial charge in [-0.1, -0.05) is 29.0 Å². The van der Waals surface area contributed by atoms with Gasteiger partial charge in [0.2, 0.25) is 5.13 Å². The summed E-state index contributed by atoms with van der Waals surface area (Å²) in [7, 11) is 1.45. The van der Waals surface area contributed by atoms with Crippen molar-refractivity contribution in [3.05, 3.63) is 33.3 Å². The number of nitrogens with zero attached hydrogens (tertiary/aromatic N) is 3. The van der Waals surface area contributed by atoms with Crippen molar-refractivity contribution in [2.24, 2.45) is 5.92 Å². The van der Waals surface area contributed by atoms with E-state index < -0.39 is 0 Å². The van der Waals surface area contributed by atoms with Crippen molar-refractivity contribution in [3.63, 3.8) is 0 Å². The van der Waals surface area contributed by atoms with Crippen LogP contribution < -0.4 is 5.32 Å². The average Bonchev–Trinajstić information content (AvgIpc) is 2.96. The van der Waals surface area contributed by atoms with E-state index in [9.17, 15) is 4.79 Å². The van der Waals surface area contributed by atoms with Gasteiger partial charge in [-0.2, -0.15) is 0 Å². The maximum absolute atomic E-state index is 11.6. The standard InChI is InChI=1S/C18H24N4O2S2/c1-12-4-5-15(13(2)10-12)19-17-20-22(18(25)26-17)11-21-8-6-14(7-9-21)16(23)24-3/h4-5,10,14H,6-9,11H2,1-3H3,(H,19,20). The number of aryl methyl sites for hydroxylation is 2. The molecular formula is C18H24N4O2S2. The second kappa shape index (κ2) is 8.28. The first kappa shape index (κ1) is 19.0. The molecule has 0 radical (unpaired) electrons. The third kappa shape index (κ3) is 4.49. The van der Waals surface area contributed by atoms with Gasteiger partial charge in [0.05, 0.1) is 19.7 Å². The van der Waals surface area contributed by atoms with Crippen LogP contribution in [0.1, 0.15) is 24.0 Å². The van der Waals surface area contributed by atoms with Gasteiger partial charge in [-0.25, -0.2) is 4.68 Å². The lowest BCUT2D eigenvalue weighted by atomic mass is 9.97. The Morgan fingerprint density at radius 2 is 2.12 bits per heavy atom. The number of methoxy groups -OCH3 is 1. The number of aromatic nitrogens is 2. The molecule has 1 aromatic carbocycles. The van der Waals surface area contributed by atoms with E-state index in [0.717, 1.165) is 40.7 Å². The van der Waals surface area contributed by atoms with Gasteiger partial charge in [-0.3, -0.25) is 9.69 Å². The van der Waals surface area contributed by atoms with E-state index in [0.29, 0.717) is 6.67 Å². The molecule has 2 heterocycles. The summed E-state index contributed by atoms with van der Waals surface area (Å²) in [5, 5.41) is 8.78. The molecule has 26 heavy (non-hydrogen) atoms. The van der Waals surface area contributed by atoms with Gasteiger partial charge < -0.3 is 10.1 Å². The Morgan fingerprint density at radius 3 is 2.77 bits per heavy atom. The zero-order valence-electron chi connectivity index (χ0n) is 15.3. The molecule has 0 amide bonds. The summed E-state index contributed by atoms with van der Waals surface area (Å²) in [5.41, 5.74) is 3.47. The number of ether oxygens (including phenoxy) is 1. The van der Waals surface area contributed by atoms with E-state index in [1.165, 1.54) is 29.6 Å². The lowest BCUT2D eigenvalue weighted by Crippen LogP contribution is -2.38. The summed E-state index contributed by atoms with van der Waals surface area (Å²) in [6.07, 6.45) is 1.63. The van der Waals surface area contributed by atoms with Crippen LogP contribution >= 0.6 is 23.6 Å². The minimum absolute atomic E-state index is 0.0152. The van der Waals surface area contributed by atoms with Crippen LogP contribution in [0.3, 0.4) is 0 Å². The summed E-state index contributed by atoms with van der Waals surface area (Å²) in [5.74, 6) is -0.0868. The molecule has 6 nitrogen and oxygen atoms in total. The quantitative estimate of drug-likeness (QED) is 0.616. The summed E-state index contributed by atoms with van der Waals surface area (Å²) < 4.78 is 7.44. The predicted molar refractivity (Wildman–Crippen MR) is 106 cm³/mol. The molecule has 1 aliphatic heterocycles. The molecule has 1 saturated heterocycles. The third-order valence-electron chi connectivity index (χ3n) is 4.69. The number of rotatable bonds is 5. The summed E-state index contributed by atoms with van der Waals surface area (Å²) in [4.78, 5) is 13.9. The van der Waals surface area contributed by atoms with Gasteiger partial charge >= 0.3 is 5.97 Å². The zero-order valence-corrected chi connectivity index (χ0v) is 17.0. The Balaban J connectivity index is 1.62. The fourth-order valence-corrected chi connectivity index (χ4v) is 4.19. The molecule has 1 aliphatic rings. The van der Waals surface area contributed by atoms with Crippen LogP contribution in [0.15, 0.2) is 18.2 Å². The molecule has 0 spiro atoms. The van der Waals surface area contributed by atoms with Crippen molar-refractivity contribution in [2.45, 2.75) is 33.4 Å². The number of hydrogen-bond acceptors (Lipinski definition) is 7. The number of piperidine rings is 1. The van der Waals surface area contributed by atoms with Gasteiger partial charge in [0.25, 0.3) is 0 Å². The van der Waals surface area contributed by atoms with E-state index in [1.54, 1.807) is 0 Å². The molecule has 1 fully saturated rings. The number of carbonyl (C=O) groups is 1. The Bertz CT molecular complexity index is 838. The van der Waals surface area contributed by atoms with Crippen LogP contribution in [-0.2, 0) is 16.2 Å². The molecule has 0 saturated carbocycles. The summed E-state index contributed by atoms with van der Waals surface area (Å²) >= 11 is 6.95. The van der Waals surface area contributed by atoms with E-state index in [2.05, 4.69) is 47.4 Å². The van der Waals surface area contributed by atoms with E-state index in [4.69, 9.17) is 17.0 Å². The first-order valence-electron chi connectivity index (χ1n) is 8.68. The van der Waals surface area contributed by atoms with Crippen molar-refractivity contribution < 1.29 is 9.53 Å². The Morgan fingerprint density at radius 1 is 1.38 bits per heavy atom. The molecule has 140 valence electrons. The molecule has 3 rings (SSSR count). The topological polar surface area (TPSA) is 59.4 Å². The first-order chi connectivity index (χ1) is 12.5. The summed E-state index contributed by atoms with van der Waals surface area (Å²) in [6.45, 7) is 6.51. The van der Waals surface area contributed by atoms with Crippen LogP contribution in [0.25, 0.3) is 0 Å². The number of likely N-dealkylation sites (tertiary alicyclic amines) is 1. The zero-order chi connectivity index (χ0) is 18.7. The molecule has 0 unspecified atom stereocenters. The van der Waals surface area contributed by atoms with Crippen molar-refractivity contribution in [1.82, 2.24) is 14.7 Å². The minimum Gasteiger partial charge on any atom is -0.469 e. The van der Waals surface area contributed by atoms with E-state index in [1.807, 2.05) is 4.68 Å².